The van der Waals surface area contributed by atoms with Crippen LogP contribution < -0.4 is 0 Å². The molecule has 0 spiro atoms. The molecule has 0 aromatic heterocycles. The zero-order valence-electron chi connectivity index (χ0n) is 23.9. The lowest BCUT2D eigenvalue weighted by Crippen LogP contribution is -2.62. The van der Waals surface area contributed by atoms with Crippen molar-refractivity contribution in [1.82, 2.24) is 0 Å². The molecule has 0 radical (unpaired) electrons. The van der Waals surface area contributed by atoms with Gasteiger partial charge in [0.2, 0.25) is 0 Å². The molecule has 2 heteroatoms. The number of hydrogen-bond donors (Lipinski definition) is 0. The van der Waals surface area contributed by atoms with Crippen LogP contribution in [0.15, 0.2) is 11.6 Å². The highest BCUT2D eigenvalue weighted by atomic mass is 16.5. The lowest BCUT2D eigenvalue weighted by atomic mass is 9.38. The topological polar surface area (TPSA) is 26.3 Å². The lowest BCUT2D eigenvalue weighted by Gasteiger charge is -2.67. The minimum atomic E-state index is -0.105. The van der Waals surface area contributed by atoms with Crippen molar-refractivity contribution in [3.8, 4) is 0 Å². The zero-order valence-corrected chi connectivity index (χ0v) is 23.9. The highest BCUT2D eigenvalue weighted by Crippen LogP contribution is 2.74. The second-order valence-corrected chi connectivity index (χ2v) is 14.7. The number of fused-ring (bicyclic) bond motifs is 5. The fraction of sp³-hybridized carbons (Fsp3) is 0.906. The molecule has 0 N–H and O–H groups in total. The van der Waals surface area contributed by atoms with E-state index in [4.69, 9.17) is 4.74 Å². The van der Waals surface area contributed by atoms with Crippen molar-refractivity contribution in [2.75, 3.05) is 0 Å². The maximum absolute atomic E-state index is 11.8. The van der Waals surface area contributed by atoms with Crippen molar-refractivity contribution in [3.05, 3.63) is 11.6 Å². The van der Waals surface area contributed by atoms with E-state index < -0.39 is 0 Å². The van der Waals surface area contributed by atoms with Crippen LogP contribution in [-0.2, 0) is 9.53 Å². The zero-order chi connectivity index (χ0) is 25.1. The molecule has 0 aromatic rings. The summed E-state index contributed by atoms with van der Waals surface area (Å²) in [6.07, 6.45) is 15.8. The summed E-state index contributed by atoms with van der Waals surface area (Å²) >= 11 is 0. The molecule has 4 aliphatic rings. The molecule has 4 aliphatic carbocycles. The molecule has 0 amide bonds. The van der Waals surface area contributed by atoms with E-state index in [9.17, 15) is 4.79 Å². The average molecular weight is 471 g/mol. The predicted octanol–water partition coefficient (Wildman–Crippen LogP) is 8.99. The van der Waals surface area contributed by atoms with Gasteiger partial charge in [0.1, 0.15) is 6.10 Å². The van der Waals surface area contributed by atoms with E-state index in [0.717, 1.165) is 30.1 Å². The first kappa shape index (κ1) is 26.3. The Labute approximate surface area is 211 Å². The van der Waals surface area contributed by atoms with Gasteiger partial charge < -0.3 is 4.74 Å². The Kier molecular flexibility index (Phi) is 6.92. The van der Waals surface area contributed by atoms with Crippen LogP contribution in [0.5, 0.6) is 0 Å². The molecule has 0 saturated heterocycles. The molecule has 1 unspecified atom stereocenters. The van der Waals surface area contributed by atoms with Gasteiger partial charge >= 0.3 is 5.97 Å². The Morgan fingerprint density at radius 2 is 1.56 bits per heavy atom. The molecule has 2 nitrogen and oxygen atoms in total. The molecular weight excluding hydrogens is 416 g/mol. The maximum atomic E-state index is 11.8. The maximum Gasteiger partial charge on any atom is 0.302 e. The number of rotatable bonds is 5. The third-order valence-electron chi connectivity index (χ3n) is 12.6. The summed E-state index contributed by atoms with van der Waals surface area (Å²) in [7, 11) is 0. The van der Waals surface area contributed by atoms with Crippen molar-refractivity contribution < 1.29 is 9.53 Å². The molecular formula is C32H54O2. The average Bonchev–Trinajstić information content (AvgIpc) is 3.01. The number of hydrogen-bond acceptors (Lipinski definition) is 2. The molecule has 0 heterocycles. The van der Waals surface area contributed by atoms with Crippen molar-refractivity contribution >= 4 is 5.97 Å². The van der Waals surface area contributed by atoms with Gasteiger partial charge in [-0.1, -0.05) is 53.2 Å². The van der Waals surface area contributed by atoms with E-state index in [2.05, 4.69) is 61.5 Å². The fourth-order valence-electron chi connectivity index (χ4n) is 10.7. The Morgan fingerprint density at radius 1 is 0.882 bits per heavy atom. The van der Waals surface area contributed by atoms with Crippen molar-refractivity contribution in [2.45, 2.75) is 133 Å². The first-order valence-corrected chi connectivity index (χ1v) is 14.6. The predicted molar refractivity (Wildman–Crippen MR) is 142 cm³/mol. The number of carbonyl (C=O) groups excluding carboxylic acids is 1. The van der Waals surface area contributed by atoms with Gasteiger partial charge in [-0.25, -0.2) is 0 Å². The van der Waals surface area contributed by atoms with Crippen LogP contribution in [0.3, 0.4) is 0 Å². The van der Waals surface area contributed by atoms with Gasteiger partial charge in [-0.15, -0.1) is 0 Å². The van der Waals surface area contributed by atoms with Crippen LogP contribution in [-0.4, -0.2) is 12.1 Å². The Bertz CT molecular complexity index is 806. The van der Waals surface area contributed by atoms with E-state index >= 15 is 0 Å². The van der Waals surface area contributed by atoms with Gasteiger partial charge in [0, 0.05) is 12.3 Å². The summed E-state index contributed by atoms with van der Waals surface area (Å²) in [5.74, 6) is 3.96. The van der Waals surface area contributed by atoms with Gasteiger partial charge in [-0.2, -0.15) is 0 Å². The number of ether oxygens (including phenoxy) is 1. The lowest BCUT2D eigenvalue weighted by molar-refractivity contribution is -0.209. The molecule has 0 bridgehead atoms. The normalized spacial score (nSPS) is 46.0. The van der Waals surface area contributed by atoms with Crippen LogP contribution in [0.25, 0.3) is 0 Å². The van der Waals surface area contributed by atoms with E-state index in [1.54, 1.807) is 6.92 Å². The van der Waals surface area contributed by atoms with Gasteiger partial charge in [0.25, 0.3) is 0 Å². The largest absolute Gasteiger partial charge is 0.462 e. The standard InChI is InChI=1S/C32H54O2/c1-21(2)11-10-12-22(3)24-15-19-32(9)26-13-14-27-29(5,6)28(34-23(4)33)17-18-30(27,7)25(26)16-20-31(24,32)8/h11,22,24-28H,10,12-20H2,1-9H3/t22-,24-,25+,26-,27+,28?,30-,31-,32+/m1/s1. The monoisotopic (exact) mass is 470 g/mol. The molecule has 9 atom stereocenters. The molecule has 4 saturated carbocycles. The molecule has 0 aromatic carbocycles. The number of esters is 1. The van der Waals surface area contributed by atoms with Crippen LogP contribution in [0.4, 0.5) is 0 Å². The SMILES string of the molecule is CC(=O)OC1CC[C@]2(C)[C@H]3CC[C@]4(C)[C@@H]([C@H](C)CCC=C(C)C)CC[C@@]4(C)[C@@H]3CC[C@H]2C1(C)C. The minimum absolute atomic E-state index is 0.0724. The van der Waals surface area contributed by atoms with E-state index in [0.29, 0.717) is 22.2 Å². The van der Waals surface area contributed by atoms with Crippen LogP contribution in [0.2, 0.25) is 0 Å². The smallest absolute Gasteiger partial charge is 0.302 e. The molecule has 4 fully saturated rings. The van der Waals surface area contributed by atoms with Gasteiger partial charge in [0.15, 0.2) is 0 Å². The summed E-state index contributed by atoms with van der Waals surface area (Å²) in [5.41, 5.74) is 2.90. The van der Waals surface area contributed by atoms with Crippen LogP contribution in [0, 0.1) is 51.2 Å². The molecule has 0 aliphatic heterocycles. The van der Waals surface area contributed by atoms with Crippen LogP contribution >= 0.6 is 0 Å². The molecule has 34 heavy (non-hydrogen) atoms. The number of allylic oxidation sites excluding steroid dienone is 2. The summed E-state index contributed by atoms with van der Waals surface area (Å²) < 4.78 is 5.89. The summed E-state index contributed by atoms with van der Waals surface area (Å²) in [6.45, 7) is 21.5. The summed E-state index contributed by atoms with van der Waals surface area (Å²) in [6, 6.07) is 0. The highest BCUT2D eigenvalue weighted by molar-refractivity contribution is 5.66. The Hall–Kier alpha value is -0.790. The molecule has 4 rings (SSSR count). The quantitative estimate of drug-likeness (QED) is 0.296. The van der Waals surface area contributed by atoms with Crippen LogP contribution in [0.1, 0.15) is 127 Å². The first-order valence-electron chi connectivity index (χ1n) is 14.6. The third kappa shape index (κ3) is 3.92. The van der Waals surface area contributed by atoms with Gasteiger partial charge in [0.05, 0.1) is 0 Å². The summed E-state index contributed by atoms with van der Waals surface area (Å²) in [4.78, 5) is 11.8. The van der Waals surface area contributed by atoms with E-state index in [-0.39, 0.29) is 17.5 Å². The Morgan fingerprint density at radius 3 is 2.21 bits per heavy atom. The molecule has 194 valence electrons. The second-order valence-electron chi connectivity index (χ2n) is 14.7. The first-order chi connectivity index (χ1) is 15.8. The van der Waals surface area contributed by atoms with Gasteiger partial charge in [-0.3, -0.25) is 4.79 Å². The van der Waals surface area contributed by atoms with Gasteiger partial charge in [-0.05, 0) is 124 Å². The number of carbonyl (C=O) groups is 1. The third-order valence-corrected chi connectivity index (χ3v) is 12.6. The van der Waals surface area contributed by atoms with Crippen molar-refractivity contribution in [1.29, 1.82) is 0 Å². The highest BCUT2D eigenvalue weighted by Gasteiger charge is 2.67. The fourth-order valence-corrected chi connectivity index (χ4v) is 10.7. The Balaban J connectivity index is 1.56. The summed E-state index contributed by atoms with van der Waals surface area (Å²) in [5, 5.41) is 0. The second kappa shape index (κ2) is 8.95. The van der Waals surface area contributed by atoms with E-state index in [1.807, 2.05) is 0 Å². The van der Waals surface area contributed by atoms with E-state index in [1.165, 1.54) is 63.4 Å². The van der Waals surface area contributed by atoms with Crippen molar-refractivity contribution in [2.24, 2.45) is 51.2 Å². The minimum Gasteiger partial charge on any atom is -0.462 e. The van der Waals surface area contributed by atoms with Crippen molar-refractivity contribution in [3.63, 3.8) is 0 Å².